The molecule has 0 N–H and O–H groups in total. The SMILES string of the molecule is CCCCCCCCc1cnc(-c2ccc(CCCOCC(F)(F)OC(F)(F)C(F)(F)OC(F)(F)F)cc2)nc1. The molecule has 0 fully saturated rings. The van der Waals surface area contributed by atoms with Crippen LogP contribution in [0.15, 0.2) is 36.7 Å². The molecular weight excluding hydrogens is 559 g/mol. The van der Waals surface area contributed by atoms with E-state index in [-0.39, 0.29) is 6.42 Å². The number of rotatable bonds is 18. The average molecular weight is 591 g/mol. The molecule has 5 nitrogen and oxygen atoms in total. The van der Waals surface area contributed by atoms with Crippen molar-refractivity contribution in [3.63, 3.8) is 0 Å². The van der Waals surface area contributed by atoms with Gasteiger partial charge in [0.1, 0.15) is 6.61 Å². The Morgan fingerprint density at radius 3 is 1.80 bits per heavy atom. The minimum Gasteiger partial charge on any atom is -0.372 e. The number of hydrogen-bond donors (Lipinski definition) is 0. The van der Waals surface area contributed by atoms with E-state index in [0.717, 1.165) is 29.5 Å². The van der Waals surface area contributed by atoms with Gasteiger partial charge in [0.05, 0.1) is 0 Å². The van der Waals surface area contributed by atoms with Crippen LogP contribution in [-0.2, 0) is 27.1 Å². The summed E-state index contributed by atoms with van der Waals surface area (Å²) in [6.45, 7) is -0.115. The summed E-state index contributed by atoms with van der Waals surface area (Å²) in [4.78, 5) is 8.79. The fraction of sp³-hybridized carbons (Fsp3) is 0.615. The molecule has 1 aromatic carbocycles. The second-order valence-electron chi connectivity index (χ2n) is 9.11. The van der Waals surface area contributed by atoms with Crippen molar-refractivity contribution in [1.82, 2.24) is 9.97 Å². The number of nitrogens with zero attached hydrogens (tertiary/aromatic N) is 2. The van der Waals surface area contributed by atoms with E-state index in [4.69, 9.17) is 0 Å². The third-order valence-corrected chi connectivity index (χ3v) is 5.62. The van der Waals surface area contributed by atoms with Gasteiger partial charge in [-0.3, -0.25) is 0 Å². The zero-order chi connectivity index (χ0) is 29.9. The maximum absolute atomic E-state index is 13.5. The van der Waals surface area contributed by atoms with E-state index in [2.05, 4.69) is 26.4 Å². The number of unbranched alkanes of at least 4 members (excludes halogenated alkanes) is 5. The molecule has 1 heterocycles. The van der Waals surface area contributed by atoms with E-state index < -0.39 is 37.9 Å². The molecule has 0 unspecified atom stereocenters. The summed E-state index contributed by atoms with van der Waals surface area (Å²) in [5.41, 5.74) is 2.60. The van der Waals surface area contributed by atoms with Crippen LogP contribution in [0.5, 0.6) is 0 Å². The van der Waals surface area contributed by atoms with Crippen LogP contribution in [-0.4, -0.2) is 47.9 Å². The fourth-order valence-electron chi connectivity index (χ4n) is 3.61. The Morgan fingerprint density at radius 1 is 0.650 bits per heavy atom. The Balaban J connectivity index is 1.73. The summed E-state index contributed by atoms with van der Waals surface area (Å²) in [6, 6.07) is 7.05. The lowest BCUT2D eigenvalue weighted by Gasteiger charge is -2.29. The van der Waals surface area contributed by atoms with Crippen molar-refractivity contribution in [2.45, 2.75) is 89.4 Å². The molecule has 2 aromatic rings. The maximum atomic E-state index is 13.5. The Labute approximate surface area is 226 Å². The van der Waals surface area contributed by atoms with Gasteiger partial charge in [-0.1, -0.05) is 63.3 Å². The first-order valence-electron chi connectivity index (χ1n) is 12.7. The third-order valence-electron chi connectivity index (χ3n) is 5.62. The standard InChI is InChI=1S/C26H31F9N2O3/c1-2-3-4-5-6-7-9-20-16-36-22(37-17-20)21-13-11-19(12-14-21)10-8-15-38-18-23(27,28)39-24(29,30)25(31,32)40-26(33,34)35/h11-14,16-17H,2-10,15,18H2,1H3. The Bertz CT molecular complexity index is 1000. The number of aryl methyl sites for hydroxylation is 2. The lowest BCUT2D eigenvalue weighted by Crippen LogP contribution is -2.51. The van der Waals surface area contributed by atoms with E-state index in [1.165, 1.54) is 32.1 Å². The van der Waals surface area contributed by atoms with Crippen molar-refractivity contribution in [1.29, 1.82) is 0 Å². The van der Waals surface area contributed by atoms with E-state index in [9.17, 15) is 39.5 Å². The quantitative estimate of drug-likeness (QED) is 0.129. The van der Waals surface area contributed by atoms with Gasteiger partial charge in [0, 0.05) is 24.6 Å². The highest BCUT2D eigenvalue weighted by molar-refractivity contribution is 5.55. The van der Waals surface area contributed by atoms with Crippen molar-refractivity contribution in [3.8, 4) is 11.4 Å². The first-order valence-corrected chi connectivity index (χ1v) is 12.7. The second-order valence-corrected chi connectivity index (χ2v) is 9.11. The fourth-order valence-corrected chi connectivity index (χ4v) is 3.61. The predicted molar refractivity (Wildman–Crippen MR) is 127 cm³/mol. The Morgan fingerprint density at radius 2 is 1.20 bits per heavy atom. The van der Waals surface area contributed by atoms with E-state index in [0.29, 0.717) is 12.2 Å². The first kappa shape index (κ1) is 33.8. The van der Waals surface area contributed by atoms with Gasteiger partial charge in [-0.25, -0.2) is 19.4 Å². The number of halogens is 9. The van der Waals surface area contributed by atoms with Crippen LogP contribution < -0.4 is 0 Å². The molecule has 0 amide bonds. The lowest BCUT2D eigenvalue weighted by atomic mass is 10.1. The van der Waals surface area contributed by atoms with Crippen LogP contribution in [0.1, 0.15) is 63.0 Å². The third kappa shape index (κ3) is 12.0. The topological polar surface area (TPSA) is 53.5 Å². The van der Waals surface area contributed by atoms with Gasteiger partial charge in [0.15, 0.2) is 5.82 Å². The molecule has 14 heteroatoms. The summed E-state index contributed by atoms with van der Waals surface area (Å²) >= 11 is 0. The number of hydrogen-bond acceptors (Lipinski definition) is 5. The van der Waals surface area contributed by atoms with Gasteiger partial charge in [-0.05, 0) is 36.8 Å². The van der Waals surface area contributed by atoms with Crippen molar-refractivity contribution < 1.29 is 53.7 Å². The second kappa shape index (κ2) is 15.0. The molecule has 0 radical (unpaired) electrons. The molecular formula is C26H31F9N2O3. The number of benzene rings is 1. The molecule has 0 atom stereocenters. The first-order chi connectivity index (χ1) is 18.6. The van der Waals surface area contributed by atoms with Gasteiger partial charge in [0.25, 0.3) is 0 Å². The summed E-state index contributed by atoms with van der Waals surface area (Å²) in [6.07, 6.45) is -11.8. The largest absolute Gasteiger partial charge is 0.527 e. The van der Waals surface area contributed by atoms with Crippen LogP contribution in [0.4, 0.5) is 39.5 Å². The molecule has 0 bridgehead atoms. The molecule has 0 aliphatic carbocycles. The molecule has 1 aromatic heterocycles. The highest BCUT2D eigenvalue weighted by Crippen LogP contribution is 2.43. The van der Waals surface area contributed by atoms with Crippen LogP contribution in [0.2, 0.25) is 0 Å². The zero-order valence-electron chi connectivity index (χ0n) is 21.8. The van der Waals surface area contributed by atoms with Crippen LogP contribution in [0.25, 0.3) is 11.4 Å². The number of alkyl halides is 9. The maximum Gasteiger partial charge on any atom is 0.527 e. The molecule has 2 rings (SSSR count). The Hall–Kier alpha value is -2.45. The van der Waals surface area contributed by atoms with Gasteiger partial charge in [0.2, 0.25) is 0 Å². The Kier molecular flexibility index (Phi) is 12.6. The molecule has 226 valence electrons. The van der Waals surface area contributed by atoms with Crippen molar-refractivity contribution >= 4 is 0 Å². The zero-order valence-corrected chi connectivity index (χ0v) is 21.8. The summed E-state index contributed by atoms with van der Waals surface area (Å²) < 4.78 is 124. The van der Waals surface area contributed by atoms with Crippen molar-refractivity contribution in [2.24, 2.45) is 0 Å². The molecule has 0 spiro atoms. The molecule has 0 aliphatic heterocycles. The summed E-state index contributed by atoms with van der Waals surface area (Å²) in [5.74, 6) is 0.534. The predicted octanol–water partition coefficient (Wildman–Crippen LogP) is 8.33. The number of ether oxygens (including phenoxy) is 3. The van der Waals surface area contributed by atoms with Crippen molar-refractivity contribution in [2.75, 3.05) is 13.2 Å². The van der Waals surface area contributed by atoms with Crippen molar-refractivity contribution in [3.05, 3.63) is 47.8 Å². The summed E-state index contributed by atoms with van der Waals surface area (Å²) in [7, 11) is 0. The van der Waals surface area contributed by atoms with Gasteiger partial charge in [-0.15, -0.1) is 13.2 Å². The lowest BCUT2D eigenvalue weighted by molar-refractivity contribution is -0.530. The number of aromatic nitrogens is 2. The van der Waals surface area contributed by atoms with Crippen LogP contribution in [0.3, 0.4) is 0 Å². The minimum absolute atomic E-state index is 0.142. The highest BCUT2D eigenvalue weighted by atomic mass is 19.4. The van der Waals surface area contributed by atoms with Crippen LogP contribution in [0, 0.1) is 0 Å². The highest BCUT2D eigenvalue weighted by Gasteiger charge is 2.67. The average Bonchev–Trinajstić information content (AvgIpc) is 2.84. The van der Waals surface area contributed by atoms with Gasteiger partial charge < -0.3 is 4.74 Å². The van der Waals surface area contributed by atoms with E-state index in [1.807, 2.05) is 4.74 Å². The van der Waals surface area contributed by atoms with Gasteiger partial charge >= 0.3 is 24.7 Å². The van der Waals surface area contributed by atoms with E-state index in [1.54, 1.807) is 36.7 Å². The van der Waals surface area contributed by atoms with Crippen LogP contribution >= 0.6 is 0 Å². The van der Waals surface area contributed by atoms with Gasteiger partial charge in [-0.2, -0.15) is 26.3 Å². The molecule has 0 aliphatic rings. The summed E-state index contributed by atoms with van der Waals surface area (Å²) in [5, 5.41) is 0. The van der Waals surface area contributed by atoms with E-state index >= 15 is 0 Å². The molecule has 0 saturated carbocycles. The smallest absolute Gasteiger partial charge is 0.372 e. The minimum atomic E-state index is -6.39. The molecule has 0 saturated heterocycles. The molecule has 40 heavy (non-hydrogen) atoms. The normalized spacial score (nSPS) is 13.2. The monoisotopic (exact) mass is 590 g/mol.